The van der Waals surface area contributed by atoms with Crippen LogP contribution in [-0.2, 0) is 16.1 Å². The number of aromatic nitrogens is 3. The van der Waals surface area contributed by atoms with E-state index < -0.39 is 23.8 Å². The Morgan fingerprint density at radius 3 is 2.57 bits per heavy atom. The first-order valence-corrected chi connectivity index (χ1v) is 12.1. The van der Waals surface area contributed by atoms with E-state index in [-0.39, 0.29) is 47.7 Å². The van der Waals surface area contributed by atoms with Crippen molar-refractivity contribution in [2.75, 3.05) is 13.1 Å². The average molecular weight is 503 g/mol. The monoisotopic (exact) mass is 502 g/mol. The van der Waals surface area contributed by atoms with Crippen molar-refractivity contribution < 1.29 is 29.0 Å². The maximum absolute atomic E-state index is 14.7. The lowest BCUT2D eigenvalue weighted by atomic mass is 9.93. The molecule has 2 atom stereocenters. The molecule has 2 aliphatic rings. The van der Waals surface area contributed by atoms with E-state index in [9.17, 15) is 23.9 Å². The molecule has 0 bridgehead atoms. The van der Waals surface area contributed by atoms with Crippen molar-refractivity contribution in [3.8, 4) is 0 Å². The molecule has 11 heteroatoms. The zero-order chi connectivity index (χ0) is 25.1. The Hall–Kier alpha value is -3.05. The number of ketones is 1. The highest BCUT2D eigenvalue weighted by Gasteiger charge is 2.41. The minimum atomic E-state index is -1.25. The SMILES string of the molecule is O=C(O)CCCn1nc(/C=C2\CN(C(C(=O)C3CC3)c3ccccc3F)CCC2S)c(C(=O)O)n1. The molecule has 35 heavy (non-hydrogen) atoms. The highest BCUT2D eigenvalue weighted by atomic mass is 32.1. The van der Waals surface area contributed by atoms with Crippen molar-refractivity contribution in [3.63, 3.8) is 0 Å². The first-order chi connectivity index (χ1) is 16.7. The molecule has 1 saturated heterocycles. The lowest BCUT2D eigenvalue weighted by Gasteiger charge is -2.37. The van der Waals surface area contributed by atoms with Gasteiger partial charge in [-0.25, -0.2) is 9.18 Å². The molecule has 4 rings (SSSR count). The van der Waals surface area contributed by atoms with Crippen LogP contribution in [0.15, 0.2) is 29.8 Å². The van der Waals surface area contributed by atoms with Crippen LogP contribution in [0.2, 0.25) is 0 Å². The van der Waals surface area contributed by atoms with Crippen molar-refractivity contribution in [2.24, 2.45) is 5.92 Å². The van der Waals surface area contributed by atoms with Crippen LogP contribution < -0.4 is 0 Å². The quantitative estimate of drug-likeness (QED) is 0.423. The molecular formula is C24H27FN4O5S. The van der Waals surface area contributed by atoms with E-state index in [1.807, 2.05) is 4.90 Å². The lowest BCUT2D eigenvalue weighted by molar-refractivity contribution is -0.137. The minimum absolute atomic E-state index is 0.00247. The number of aryl methyl sites for hydroxylation is 1. The van der Waals surface area contributed by atoms with Crippen LogP contribution in [0.5, 0.6) is 0 Å². The first kappa shape index (κ1) is 25.1. The molecule has 0 amide bonds. The Morgan fingerprint density at radius 1 is 1.17 bits per heavy atom. The van der Waals surface area contributed by atoms with Gasteiger partial charge in [-0.2, -0.15) is 22.5 Å². The van der Waals surface area contributed by atoms with E-state index in [2.05, 4.69) is 22.8 Å². The Labute approximate surface area is 207 Å². The first-order valence-electron chi connectivity index (χ1n) is 11.6. The third-order valence-electron chi connectivity index (χ3n) is 6.27. The maximum atomic E-state index is 14.7. The summed E-state index contributed by atoms with van der Waals surface area (Å²) in [6, 6.07) is 5.58. The number of aromatic carboxylic acids is 1. The fourth-order valence-electron chi connectivity index (χ4n) is 4.33. The number of hydrogen-bond donors (Lipinski definition) is 3. The number of nitrogens with zero attached hydrogens (tertiary/aromatic N) is 4. The predicted molar refractivity (Wildman–Crippen MR) is 128 cm³/mol. The zero-order valence-electron chi connectivity index (χ0n) is 19.0. The molecule has 1 aliphatic carbocycles. The van der Waals surface area contributed by atoms with Gasteiger partial charge >= 0.3 is 11.9 Å². The van der Waals surface area contributed by atoms with Crippen molar-refractivity contribution in [1.82, 2.24) is 19.9 Å². The molecule has 0 radical (unpaired) electrons. The summed E-state index contributed by atoms with van der Waals surface area (Å²) in [5, 5.41) is 26.5. The standard InChI is InChI=1S/C24H27FN4O5S/c25-17-5-2-1-4-16(17)22(23(32)14-7-8-14)28-11-9-19(35)15(13-28)12-18-21(24(33)34)27-29(26-18)10-3-6-20(30)31/h1-2,4-5,12,14,19,22,35H,3,6-11,13H2,(H,30,31)(H,33,34)/b15-12+. The van der Waals surface area contributed by atoms with Gasteiger partial charge in [0, 0.05) is 36.2 Å². The lowest BCUT2D eigenvalue weighted by Crippen LogP contribution is -2.42. The number of hydrogen-bond acceptors (Lipinski definition) is 7. The van der Waals surface area contributed by atoms with Crippen LogP contribution >= 0.6 is 12.6 Å². The summed E-state index contributed by atoms with van der Waals surface area (Å²) in [7, 11) is 0. The van der Waals surface area contributed by atoms with Gasteiger partial charge in [-0.3, -0.25) is 14.5 Å². The number of carbonyl (C=O) groups is 3. The molecule has 2 fully saturated rings. The summed E-state index contributed by atoms with van der Waals surface area (Å²) >= 11 is 4.66. The number of rotatable bonds is 10. The van der Waals surface area contributed by atoms with Gasteiger partial charge in [0.2, 0.25) is 0 Å². The van der Waals surface area contributed by atoms with Crippen molar-refractivity contribution in [2.45, 2.75) is 49.9 Å². The van der Waals surface area contributed by atoms with Crippen LogP contribution in [0, 0.1) is 11.7 Å². The predicted octanol–water partition coefficient (Wildman–Crippen LogP) is 3.09. The van der Waals surface area contributed by atoms with Crippen molar-refractivity contribution in [1.29, 1.82) is 0 Å². The summed E-state index contributed by atoms with van der Waals surface area (Å²) in [6.07, 6.45) is 4.00. The fraction of sp³-hybridized carbons (Fsp3) is 0.458. The smallest absolute Gasteiger partial charge is 0.358 e. The van der Waals surface area contributed by atoms with Crippen molar-refractivity contribution in [3.05, 3.63) is 52.6 Å². The van der Waals surface area contributed by atoms with Gasteiger partial charge < -0.3 is 10.2 Å². The number of carboxylic acids is 2. The number of piperidine rings is 1. The minimum Gasteiger partial charge on any atom is -0.481 e. The van der Waals surface area contributed by atoms with Crippen LogP contribution in [0.3, 0.4) is 0 Å². The normalized spacial score (nSPS) is 20.6. The molecule has 0 spiro atoms. The van der Waals surface area contributed by atoms with E-state index in [1.165, 1.54) is 10.9 Å². The second-order valence-corrected chi connectivity index (χ2v) is 9.55. The van der Waals surface area contributed by atoms with Crippen LogP contribution in [0.4, 0.5) is 4.39 Å². The Balaban J connectivity index is 1.62. The number of halogens is 1. The highest BCUT2D eigenvalue weighted by Crippen LogP contribution is 2.39. The molecular weight excluding hydrogens is 475 g/mol. The summed E-state index contributed by atoms with van der Waals surface area (Å²) < 4.78 is 14.7. The van der Waals surface area contributed by atoms with Gasteiger partial charge in [-0.05, 0) is 43.4 Å². The summed E-state index contributed by atoms with van der Waals surface area (Å²) in [5.74, 6) is -2.70. The second kappa shape index (κ2) is 10.7. The number of thiol groups is 1. The Morgan fingerprint density at radius 2 is 1.91 bits per heavy atom. The molecule has 1 saturated carbocycles. The van der Waals surface area contributed by atoms with Crippen LogP contribution in [0.25, 0.3) is 6.08 Å². The molecule has 1 aliphatic heterocycles. The van der Waals surface area contributed by atoms with Gasteiger partial charge in [0.1, 0.15) is 11.5 Å². The van der Waals surface area contributed by atoms with E-state index in [0.29, 0.717) is 25.1 Å². The maximum Gasteiger partial charge on any atom is 0.358 e. The number of carbonyl (C=O) groups excluding carboxylic acids is 1. The summed E-state index contributed by atoms with van der Waals surface area (Å²) in [6.45, 7) is 1.00. The Bertz CT molecular complexity index is 1160. The van der Waals surface area contributed by atoms with Crippen LogP contribution in [-0.4, -0.2) is 66.2 Å². The van der Waals surface area contributed by atoms with E-state index in [4.69, 9.17) is 5.11 Å². The van der Waals surface area contributed by atoms with Gasteiger partial charge in [-0.1, -0.05) is 18.2 Å². The molecule has 2 unspecified atom stereocenters. The number of benzene rings is 1. The summed E-state index contributed by atoms with van der Waals surface area (Å²) in [5.41, 5.74) is 0.992. The average Bonchev–Trinajstić information content (AvgIpc) is 3.58. The topological polar surface area (TPSA) is 126 Å². The third kappa shape index (κ3) is 5.96. The van der Waals surface area contributed by atoms with Gasteiger partial charge in [-0.15, -0.1) is 5.10 Å². The number of Topliss-reactive ketones (excluding diaryl/α,β-unsaturated/α-hetero) is 1. The van der Waals surface area contributed by atoms with Gasteiger partial charge in [0.15, 0.2) is 11.5 Å². The van der Waals surface area contributed by atoms with Crippen molar-refractivity contribution >= 4 is 36.4 Å². The largest absolute Gasteiger partial charge is 0.481 e. The molecule has 1 aromatic heterocycles. The number of carboxylic acid groups (broad SMARTS) is 2. The van der Waals surface area contributed by atoms with Gasteiger partial charge in [0.25, 0.3) is 0 Å². The molecule has 2 aromatic rings. The van der Waals surface area contributed by atoms with E-state index in [0.717, 1.165) is 18.4 Å². The molecule has 9 nitrogen and oxygen atoms in total. The number of aliphatic carboxylic acids is 1. The molecule has 2 N–H and O–H groups in total. The van der Waals surface area contributed by atoms with Crippen LogP contribution in [0.1, 0.15) is 59.9 Å². The van der Waals surface area contributed by atoms with E-state index >= 15 is 0 Å². The second-order valence-electron chi connectivity index (χ2n) is 8.93. The molecule has 2 heterocycles. The number of likely N-dealkylation sites (tertiary alicyclic amines) is 1. The zero-order valence-corrected chi connectivity index (χ0v) is 19.9. The fourth-order valence-corrected chi connectivity index (χ4v) is 4.60. The Kier molecular flexibility index (Phi) is 7.66. The van der Waals surface area contributed by atoms with E-state index in [1.54, 1.807) is 24.3 Å². The molecule has 186 valence electrons. The molecule has 1 aromatic carbocycles. The van der Waals surface area contributed by atoms with Gasteiger partial charge in [0.05, 0.1) is 12.6 Å². The summed E-state index contributed by atoms with van der Waals surface area (Å²) in [4.78, 5) is 38.8. The highest BCUT2D eigenvalue weighted by molar-refractivity contribution is 7.81. The third-order valence-corrected chi connectivity index (χ3v) is 6.86.